The van der Waals surface area contributed by atoms with E-state index in [4.69, 9.17) is 0 Å². The fraction of sp³-hybridized carbons (Fsp3) is 0.385. The third kappa shape index (κ3) is 2.56. The van der Waals surface area contributed by atoms with Crippen molar-refractivity contribution in [3.63, 3.8) is 0 Å². The Morgan fingerprint density at radius 3 is 2.72 bits per heavy atom. The molecule has 0 saturated carbocycles. The molecule has 1 fully saturated rings. The van der Waals surface area contributed by atoms with Crippen molar-refractivity contribution >= 4 is 27.7 Å². The summed E-state index contributed by atoms with van der Waals surface area (Å²) in [5, 5.41) is 0. The van der Waals surface area contributed by atoms with Gasteiger partial charge in [0.2, 0.25) is 5.91 Å². The highest BCUT2D eigenvalue weighted by Crippen LogP contribution is 2.18. The van der Waals surface area contributed by atoms with Crippen LogP contribution >= 0.6 is 15.9 Å². The maximum atomic E-state index is 12.4. The smallest absolute Gasteiger partial charge is 0.254 e. The second-order valence-corrected chi connectivity index (χ2v) is 5.42. The van der Waals surface area contributed by atoms with Gasteiger partial charge in [-0.3, -0.25) is 9.59 Å². The van der Waals surface area contributed by atoms with Crippen LogP contribution in [0.4, 0.5) is 0 Å². The normalized spacial score (nSPS) is 16.1. The number of amides is 2. The van der Waals surface area contributed by atoms with Gasteiger partial charge in [-0.05, 0) is 24.6 Å². The quantitative estimate of drug-likeness (QED) is 0.791. The molecule has 1 aromatic carbocycles. The summed E-state index contributed by atoms with van der Waals surface area (Å²) in [6, 6.07) is 5.61. The summed E-state index contributed by atoms with van der Waals surface area (Å²) >= 11 is 3.36. The lowest BCUT2D eigenvalue weighted by atomic mass is 10.1. The van der Waals surface area contributed by atoms with Crippen molar-refractivity contribution < 1.29 is 9.59 Å². The highest BCUT2D eigenvalue weighted by atomic mass is 79.9. The lowest BCUT2D eigenvalue weighted by Gasteiger charge is -2.32. The first-order chi connectivity index (χ1) is 8.49. The third-order valence-electron chi connectivity index (χ3n) is 3.17. The minimum absolute atomic E-state index is 0.0118. The van der Waals surface area contributed by atoms with Crippen LogP contribution < -0.4 is 0 Å². The summed E-state index contributed by atoms with van der Waals surface area (Å²) in [6.45, 7) is 3.25. The Bertz CT molecular complexity index is 502. The first-order valence-corrected chi connectivity index (χ1v) is 6.57. The van der Waals surface area contributed by atoms with Crippen molar-refractivity contribution in [2.45, 2.75) is 6.92 Å². The topological polar surface area (TPSA) is 40.6 Å². The summed E-state index contributed by atoms with van der Waals surface area (Å²) in [5.41, 5.74) is 1.58. The predicted octanol–water partition coefficient (Wildman–Crippen LogP) is 1.67. The second-order valence-electron chi connectivity index (χ2n) is 4.50. The molecule has 4 nitrogen and oxygen atoms in total. The number of hydrogen-bond acceptors (Lipinski definition) is 2. The number of aryl methyl sites for hydroxylation is 1. The van der Waals surface area contributed by atoms with Gasteiger partial charge in [0.25, 0.3) is 5.91 Å². The number of likely N-dealkylation sites (N-methyl/N-ethyl adjacent to an activating group) is 1. The summed E-state index contributed by atoms with van der Waals surface area (Å²) in [4.78, 5) is 27.2. The highest BCUT2D eigenvalue weighted by Gasteiger charge is 2.26. The molecular weight excluding hydrogens is 296 g/mol. The Hall–Kier alpha value is -1.36. The monoisotopic (exact) mass is 310 g/mol. The van der Waals surface area contributed by atoms with Crippen molar-refractivity contribution in [2.75, 3.05) is 26.7 Å². The average Bonchev–Trinajstić information content (AvgIpc) is 2.35. The molecule has 1 aliphatic heterocycles. The van der Waals surface area contributed by atoms with Gasteiger partial charge in [-0.1, -0.05) is 22.0 Å². The second kappa shape index (κ2) is 5.10. The van der Waals surface area contributed by atoms with Crippen molar-refractivity contribution in [2.24, 2.45) is 0 Å². The number of nitrogens with zero attached hydrogens (tertiary/aromatic N) is 2. The lowest BCUT2D eigenvalue weighted by Crippen LogP contribution is -2.50. The predicted molar refractivity (Wildman–Crippen MR) is 72.4 cm³/mol. The van der Waals surface area contributed by atoms with Gasteiger partial charge >= 0.3 is 0 Å². The summed E-state index contributed by atoms with van der Waals surface area (Å²) in [5.74, 6) is -0.0856. The number of carbonyl (C=O) groups is 2. The molecule has 0 aliphatic carbocycles. The Balaban J connectivity index is 2.21. The minimum Gasteiger partial charge on any atom is -0.342 e. The van der Waals surface area contributed by atoms with E-state index in [0.717, 1.165) is 10.0 Å². The molecule has 5 heteroatoms. The SMILES string of the molecule is Cc1ccc(Br)cc1C(=O)N1CCN(C)C(=O)C1. The first-order valence-electron chi connectivity index (χ1n) is 5.78. The summed E-state index contributed by atoms with van der Waals surface area (Å²) < 4.78 is 0.872. The average molecular weight is 311 g/mol. The number of piperazine rings is 1. The molecule has 0 spiro atoms. The third-order valence-corrected chi connectivity index (χ3v) is 3.67. The van der Waals surface area contributed by atoms with E-state index in [1.165, 1.54) is 0 Å². The van der Waals surface area contributed by atoms with Crippen molar-refractivity contribution in [3.8, 4) is 0 Å². The lowest BCUT2D eigenvalue weighted by molar-refractivity contribution is -0.133. The van der Waals surface area contributed by atoms with Gasteiger partial charge in [0, 0.05) is 30.2 Å². The van der Waals surface area contributed by atoms with Crippen LogP contribution in [0.15, 0.2) is 22.7 Å². The van der Waals surface area contributed by atoms with Crippen LogP contribution in [-0.2, 0) is 4.79 Å². The largest absolute Gasteiger partial charge is 0.342 e. The van der Waals surface area contributed by atoms with Crippen molar-refractivity contribution in [3.05, 3.63) is 33.8 Å². The van der Waals surface area contributed by atoms with E-state index in [1.807, 2.05) is 19.1 Å². The standard InChI is InChI=1S/C13H15BrN2O2/c1-9-3-4-10(14)7-11(9)13(18)16-6-5-15(2)12(17)8-16/h3-4,7H,5-6,8H2,1-2H3. The minimum atomic E-state index is -0.0738. The van der Waals surface area contributed by atoms with E-state index in [9.17, 15) is 9.59 Å². The molecule has 96 valence electrons. The molecule has 0 bridgehead atoms. The molecule has 18 heavy (non-hydrogen) atoms. The maximum Gasteiger partial charge on any atom is 0.254 e. The number of halogens is 1. The van der Waals surface area contributed by atoms with Crippen LogP contribution in [-0.4, -0.2) is 48.3 Å². The molecule has 1 aliphatic rings. The van der Waals surface area contributed by atoms with Crippen molar-refractivity contribution in [1.82, 2.24) is 9.80 Å². The zero-order valence-corrected chi connectivity index (χ0v) is 12.0. The summed E-state index contributed by atoms with van der Waals surface area (Å²) in [7, 11) is 1.76. The molecular formula is C13H15BrN2O2. The fourth-order valence-corrected chi connectivity index (χ4v) is 2.29. The van der Waals surface area contributed by atoms with Gasteiger partial charge in [-0.25, -0.2) is 0 Å². The van der Waals surface area contributed by atoms with Crippen LogP contribution in [0.2, 0.25) is 0 Å². The molecule has 0 aromatic heterocycles. The van der Waals surface area contributed by atoms with E-state index < -0.39 is 0 Å². The van der Waals surface area contributed by atoms with E-state index in [2.05, 4.69) is 15.9 Å². The zero-order valence-electron chi connectivity index (χ0n) is 10.4. The zero-order chi connectivity index (χ0) is 13.3. The number of rotatable bonds is 1. The van der Waals surface area contributed by atoms with Crippen molar-refractivity contribution in [1.29, 1.82) is 0 Å². The van der Waals surface area contributed by atoms with E-state index in [1.54, 1.807) is 22.9 Å². The number of hydrogen-bond donors (Lipinski definition) is 0. The molecule has 2 rings (SSSR count). The van der Waals surface area contributed by atoms with Gasteiger partial charge < -0.3 is 9.80 Å². The molecule has 0 unspecified atom stereocenters. The Kier molecular flexibility index (Phi) is 3.71. The number of benzene rings is 1. The molecule has 1 heterocycles. The maximum absolute atomic E-state index is 12.4. The molecule has 1 saturated heterocycles. The molecule has 0 radical (unpaired) electrons. The number of carbonyl (C=O) groups excluding carboxylic acids is 2. The molecule has 0 atom stereocenters. The van der Waals surface area contributed by atoms with Crippen LogP contribution in [0.25, 0.3) is 0 Å². The van der Waals surface area contributed by atoms with Gasteiger partial charge in [0.05, 0.1) is 0 Å². The van der Waals surface area contributed by atoms with Gasteiger partial charge in [-0.2, -0.15) is 0 Å². The molecule has 1 aromatic rings. The van der Waals surface area contributed by atoms with E-state index in [-0.39, 0.29) is 18.4 Å². The van der Waals surface area contributed by atoms with Crippen LogP contribution in [0.1, 0.15) is 15.9 Å². The Morgan fingerprint density at radius 2 is 2.06 bits per heavy atom. The van der Waals surface area contributed by atoms with Gasteiger partial charge in [0.15, 0.2) is 0 Å². The van der Waals surface area contributed by atoms with E-state index in [0.29, 0.717) is 18.7 Å². The molecule has 0 N–H and O–H groups in total. The van der Waals surface area contributed by atoms with Crippen LogP contribution in [0.3, 0.4) is 0 Å². The Labute approximate surface area is 115 Å². The highest BCUT2D eigenvalue weighted by molar-refractivity contribution is 9.10. The van der Waals surface area contributed by atoms with Crippen LogP contribution in [0, 0.1) is 6.92 Å². The Morgan fingerprint density at radius 1 is 1.33 bits per heavy atom. The van der Waals surface area contributed by atoms with E-state index >= 15 is 0 Å². The summed E-state index contributed by atoms with van der Waals surface area (Å²) in [6.07, 6.45) is 0. The van der Waals surface area contributed by atoms with Gasteiger partial charge in [-0.15, -0.1) is 0 Å². The van der Waals surface area contributed by atoms with Gasteiger partial charge in [0.1, 0.15) is 6.54 Å². The van der Waals surface area contributed by atoms with Crippen LogP contribution in [0.5, 0.6) is 0 Å². The fourth-order valence-electron chi connectivity index (χ4n) is 1.93. The first kappa shape index (κ1) is 13.1. The molecule has 2 amide bonds.